The van der Waals surface area contributed by atoms with Crippen molar-refractivity contribution < 1.29 is 14.3 Å². The van der Waals surface area contributed by atoms with Crippen molar-refractivity contribution in [1.82, 2.24) is 9.66 Å². The highest BCUT2D eigenvalue weighted by Crippen LogP contribution is 2.23. The fourth-order valence-electron chi connectivity index (χ4n) is 2.89. The minimum absolute atomic E-state index is 0.259. The van der Waals surface area contributed by atoms with Crippen LogP contribution >= 0.6 is 27.5 Å². The van der Waals surface area contributed by atoms with Crippen LogP contribution in [0.15, 0.2) is 50.8 Å². The van der Waals surface area contributed by atoms with E-state index in [9.17, 15) is 9.59 Å². The Morgan fingerprint density at radius 3 is 2.77 bits per heavy atom. The molecule has 1 heterocycles. The predicted molar refractivity (Wildman–Crippen MR) is 124 cm³/mol. The van der Waals surface area contributed by atoms with Crippen molar-refractivity contribution in [1.29, 1.82) is 0 Å². The molecular weight excluding hydrogens is 486 g/mol. The van der Waals surface area contributed by atoms with Crippen molar-refractivity contribution in [2.75, 3.05) is 6.61 Å². The average Bonchev–Trinajstić information content (AvgIpc) is 2.75. The van der Waals surface area contributed by atoms with Crippen LogP contribution in [0, 0.1) is 0 Å². The van der Waals surface area contributed by atoms with Crippen LogP contribution in [-0.4, -0.2) is 34.6 Å². The zero-order chi connectivity index (χ0) is 22.5. The Morgan fingerprint density at radius 2 is 2.06 bits per heavy atom. The molecule has 0 spiro atoms. The molecule has 9 heteroatoms. The second-order valence-corrected chi connectivity index (χ2v) is 7.95. The van der Waals surface area contributed by atoms with Gasteiger partial charge in [-0.05, 0) is 50.2 Å². The summed E-state index contributed by atoms with van der Waals surface area (Å²) in [6.07, 6.45) is 1.16. The maximum Gasteiger partial charge on any atom is 0.347 e. The number of nitrogens with zero attached hydrogens (tertiary/aromatic N) is 3. The van der Waals surface area contributed by atoms with Crippen molar-refractivity contribution in [3.05, 3.63) is 67.6 Å². The summed E-state index contributed by atoms with van der Waals surface area (Å²) in [6, 6.07) is 10.3. The number of hydrogen-bond donors (Lipinski definition) is 0. The number of hydrogen-bond acceptors (Lipinski definition) is 6. The molecule has 2 aromatic carbocycles. The third-order valence-corrected chi connectivity index (χ3v) is 5.13. The zero-order valence-corrected chi connectivity index (χ0v) is 19.6. The Bertz CT molecular complexity index is 1210. The molecule has 0 aliphatic carbocycles. The van der Waals surface area contributed by atoms with Crippen LogP contribution in [0.2, 0.25) is 5.02 Å². The average molecular weight is 507 g/mol. The minimum Gasteiger partial charge on any atom is -0.478 e. The highest BCUT2D eigenvalue weighted by atomic mass is 79.9. The van der Waals surface area contributed by atoms with Crippen molar-refractivity contribution in [3.8, 4) is 5.75 Å². The van der Waals surface area contributed by atoms with Gasteiger partial charge in [-0.25, -0.2) is 9.78 Å². The highest BCUT2D eigenvalue weighted by molar-refractivity contribution is 9.10. The van der Waals surface area contributed by atoms with Gasteiger partial charge >= 0.3 is 5.97 Å². The van der Waals surface area contributed by atoms with Gasteiger partial charge in [0.1, 0.15) is 11.6 Å². The molecule has 1 atom stereocenters. The maximum atomic E-state index is 13.0. The number of ether oxygens (including phenoxy) is 2. The summed E-state index contributed by atoms with van der Waals surface area (Å²) in [5.74, 6) is 0.422. The summed E-state index contributed by atoms with van der Waals surface area (Å²) in [5.41, 5.74) is 0.822. The topological polar surface area (TPSA) is 82.8 Å². The van der Waals surface area contributed by atoms with Crippen LogP contribution < -0.4 is 10.3 Å². The summed E-state index contributed by atoms with van der Waals surface area (Å²) in [6.45, 7) is 5.48. The van der Waals surface area contributed by atoms with E-state index in [0.29, 0.717) is 39.5 Å². The molecule has 0 saturated carbocycles. The highest BCUT2D eigenvalue weighted by Gasteiger charge is 2.17. The van der Waals surface area contributed by atoms with E-state index in [1.165, 1.54) is 10.9 Å². The van der Waals surface area contributed by atoms with E-state index in [0.717, 1.165) is 4.47 Å². The lowest BCUT2D eigenvalue weighted by atomic mass is 10.2. The molecule has 7 nitrogen and oxygen atoms in total. The Labute approximate surface area is 192 Å². The van der Waals surface area contributed by atoms with E-state index >= 15 is 0 Å². The normalized spacial score (nSPS) is 12.3. The molecule has 0 saturated heterocycles. The van der Waals surface area contributed by atoms with E-state index in [4.69, 9.17) is 21.1 Å². The van der Waals surface area contributed by atoms with Gasteiger partial charge in [-0.3, -0.25) is 4.79 Å². The summed E-state index contributed by atoms with van der Waals surface area (Å²) in [4.78, 5) is 29.5. The molecule has 31 heavy (non-hydrogen) atoms. The molecule has 0 radical (unpaired) electrons. The fraction of sp³-hybridized carbons (Fsp3) is 0.273. The number of fused-ring (bicyclic) bond motifs is 1. The Kier molecular flexibility index (Phi) is 7.46. The predicted octanol–water partition coefficient (Wildman–Crippen LogP) is 4.59. The number of benzene rings is 2. The van der Waals surface area contributed by atoms with Gasteiger partial charge in [0.2, 0.25) is 0 Å². The van der Waals surface area contributed by atoms with Gasteiger partial charge in [0.05, 0.1) is 23.7 Å². The van der Waals surface area contributed by atoms with E-state index in [1.807, 2.05) is 13.0 Å². The van der Waals surface area contributed by atoms with Crippen LogP contribution in [0.3, 0.4) is 0 Å². The van der Waals surface area contributed by atoms with Crippen LogP contribution in [0.25, 0.3) is 10.9 Å². The first-order valence-electron chi connectivity index (χ1n) is 9.72. The quantitative estimate of drug-likeness (QED) is 0.346. The van der Waals surface area contributed by atoms with Crippen molar-refractivity contribution >= 4 is 50.6 Å². The number of aromatic nitrogens is 2. The molecule has 0 aliphatic heterocycles. The summed E-state index contributed by atoms with van der Waals surface area (Å²) >= 11 is 9.52. The van der Waals surface area contributed by atoms with Gasteiger partial charge in [-0.2, -0.15) is 9.78 Å². The summed E-state index contributed by atoms with van der Waals surface area (Å²) < 4.78 is 12.8. The van der Waals surface area contributed by atoms with Gasteiger partial charge in [0.25, 0.3) is 5.56 Å². The van der Waals surface area contributed by atoms with Crippen LogP contribution in [0.1, 0.15) is 32.2 Å². The maximum absolute atomic E-state index is 13.0. The minimum atomic E-state index is -0.818. The molecule has 3 aromatic rings. The van der Waals surface area contributed by atoms with Crippen molar-refractivity contribution in [2.45, 2.75) is 33.3 Å². The molecule has 0 unspecified atom stereocenters. The van der Waals surface area contributed by atoms with Gasteiger partial charge < -0.3 is 9.47 Å². The molecule has 162 valence electrons. The van der Waals surface area contributed by atoms with E-state index in [-0.39, 0.29) is 12.2 Å². The molecule has 0 fully saturated rings. The third kappa shape index (κ3) is 5.32. The second kappa shape index (κ2) is 10.1. The number of esters is 1. The first-order chi connectivity index (χ1) is 14.8. The van der Waals surface area contributed by atoms with Crippen LogP contribution in [0.5, 0.6) is 5.75 Å². The first kappa shape index (κ1) is 23.0. The standard InChI is InChI=1S/C22H21BrClN3O4/c1-4-20-26-18-8-6-15(23)11-17(18)21(28)27(20)25-12-14-10-16(24)7-9-19(14)31-13(3)22(29)30-5-2/h6-13H,4-5H2,1-3H3/t13-/m0/s1. The number of carbonyl (C=O) groups excluding carboxylic acids is 1. The van der Waals surface area contributed by atoms with E-state index in [2.05, 4.69) is 26.0 Å². The van der Waals surface area contributed by atoms with Gasteiger partial charge in [-0.15, -0.1) is 0 Å². The third-order valence-electron chi connectivity index (χ3n) is 4.40. The molecule has 3 rings (SSSR count). The molecule has 0 aliphatic rings. The monoisotopic (exact) mass is 505 g/mol. The Hall–Kier alpha value is -2.71. The summed E-state index contributed by atoms with van der Waals surface area (Å²) in [7, 11) is 0. The van der Waals surface area contributed by atoms with E-state index in [1.54, 1.807) is 44.2 Å². The fourth-order valence-corrected chi connectivity index (χ4v) is 3.43. The molecular formula is C22H21BrClN3O4. The lowest BCUT2D eigenvalue weighted by molar-refractivity contribution is -0.150. The molecule has 0 amide bonds. The Morgan fingerprint density at radius 1 is 1.29 bits per heavy atom. The van der Waals surface area contributed by atoms with E-state index < -0.39 is 12.1 Å². The lowest BCUT2D eigenvalue weighted by Crippen LogP contribution is -2.26. The molecule has 0 bridgehead atoms. The van der Waals surface area contributed by atoms with Crippen molar-refractivity contribution in [3.63, 3.8) is 0 Å². The van der Waals surface area contributed by atoms with Gasteiger partial charge in [-0.1, -0.05) is 34.5 Å². The van der Waals surface area contributed by atoms with Crippen LogP contribution in [-0.2, 0) is 16.0 Å². The molecule has 1 aromatic heterocycles. The van der Waals surface area contributed by atoms with Crippen molar-refractivity contribution in [2.24, 2.45) is 5.10 Å². The van der Waals surface area contributed by atoms with Crippen LogP contribution in [0.4, 0.5) is 0 Å². The lowest BCUT2D eigenvalue weighted by Gasteiger charge is -2.15. The molecule has 0 N–H and O–H groups in total. The number of rotatable bonds is 7. The largest absolute Gasteiger partial charge is 0.478 e. The van der Waals surface area contributed by atoms with Gasteiger partial charge in [0, 0.05) is 21.5 Å². The second-order valence-electron chi connectivity index (χ2n) is 6.60. The first-order valence-corrected chi connectivity index (χ1v) is 10.9. The van der Waals surface area contributed by atoms with Gasteiger partial charge in [0.15, 0.2) is 6.10 Å². The Balaban J connectivity index is 2.03. The smallest absolute Gasteiger partial charge is 0.347 e. The zero-order valence-electron chi connectivity index (χ0n) is 17.3. The SMILES string of the molecule is CCOC(=O)[C@H](C)Oc1ccc(Cl)cc1C=Nn1c(CC)nc2ccc(Br)cc2c1=O. The number of halogens is 2. The summed E-state index contributed by atoms with van der Waals surface area (Å²) in [5, 5.41) is 5.27. The number of aryl methyl sites for hydroxylation is 1. The number of carbonyl (C=O) groups is 1.